The molecule has 2 aromatic heterocycles. The molecule has 4 rings (SSSR count). The third kappa shape index (κ3) is 5.15. The zero-order valence-electron chi connectivity index (χ0n) is 19.6. The summed E-state index contributed by atoms with van der Waals surface area (Å²) in [7, 11) is 1.55. The maximum absolute atomic E-state index is 13.5. The fraction of sp³-hybridized carbons (Fsp3) is 0.417. The minimum absolute atomic E-state index is 0. The van der Waals surface area contributed by atoms with Gasteiger partial charge in [-0.1, -0.05) is 42.0 Å². The van der Waals surface area contributed by atoms with Crippen LogP contribution in [-0.2, 0) is 20.1 Å². The topological polar surface area (TPSA) is 100 Å². The van der Waals surface area contributed by atoms with Crippen LogP contribution in [0.1, 0.15) is 30.6 Å². The fourth-order valence-electron chi connectivity index (χ4n) is 3.95. The number of hydrogen-bond donors (Lipinski definition) is 1. The van der Waals surface area contributed by atoms with Crippen LogP contribution in [0.3, 0.4) is 0 Å². The number of carbonyl (C=O) groups is 1. The Bertz CT molecular complexity index is 1310. The number of benzene rings is 1. The van der Waals surface area contributed by atoms with Crippen LogP contribution in [0.15, 0.2) is 51.6 Å². The molecule has 0 aliphatic carbocycles. The molecule has 0 bridgehead atoms. The SMILES string of the molecule is CC(C)=CCn1c(OC[C@H]2CCNC2)nc2c1c(=O)n(CC(=O)c1ccccc1)c(=O)n2C.Cl. The Balaban J connectivity index is 0.00000324. The molecule has 0 amide bonds. The lowest BCUT2D eigenvalue weighted by Gasteiger charge is -2.12. The first kappa shape index (κ1) is 25.5. The van der Waals surface area contributed by atoms with Crippen LogP contribution in [0.25, 0.3) is 11.2 Å². The molecule has 1 aliphatic rings. The number of imidazole rings is 1. The van der Waals surface area contributed by atoms with E-state index < -0.39 is 11.2 Å². The molecule has 182 valence electrons. The van der Waals surface area contributed by atoms with Gasteiger partial charge in [0.15, 0.2) is 16.9 Å². The molecule has 0 spiro atoms. The second-order valence-electron chi connectivity index (χ2n) is 8.65. The Morgan fingerprint density at radius 1 is 1.21 bits per heavy atom. The Kier molecular flexibility index (Phi) is 8.11. The van der Waals surface area contributed by atoms with Crippen molar-refractivity contribution in [1.29, 1.82) is 0 Å². The number of nitrogens with zero attached hydrogens (tertiary/aromatic N) is 4. The first-order valence-corrected chi connectivity index (χ1v) is 11.1. The van der Waals surface area contributed by atoms with Crippen molar-refractivity contribution in [2.24, 2.45) is 13.0 Å². The molecule has 9 nitrogen and oxygen atoms in total. The van der Waals surface area contributed by atoms with Gasteiger partial charge in [0.1, 0.15) is 0 Å². The monoisotopic (exact) mass is 487 g/mol. The Morgan fingerprint density at radius 2 is 1.94 bits per heavy atom. The van der Waals surface area contributed by atoms with Gasteiger partial charge in [-0.15, -0.1) is 12.4 Å². The average Bonchev–Trinajstić information content (AvgIpc) is 3.46. The van der Waals surface area contributed by atoms with E-state index in [2.05, 4.69) is 10.3 Å². The number of halogens is 1. The molecule has 0 unspecified atom stereocenters. The second-order valence-corrected chi connectivity index (χ2v) is 8.65. The molecule has 34 heavy (non-hydrogen) atoms. The summed E-state index contributed by atoms with van der Waals surface area (Å²) >= 11 is 0. The van der Waals surface area contributed by atoms with E-state index in [1.54, 1.807) is 41.9 Å². The highest BCUT2D eigenvalue weighted by Crippen LogP contribution is 2.20. The van der Waals surface area contributed by atoms with E-state index in [0.717, 1.165) is 29.7 Å². The maximum atomic E-state index is 13.5. The van der Waals surface area contributed by atoms with Gasteiger partial charge in [-0.3, -0.25) is 23.3 Å². The summed E-state index contributed by atoms with van der Waals surface area (Å²) < 4.78 is 10.00. The van der Waals surface area contributed by atoms with Gasteiger partial charge in [0, 0.05) is 31.6 Å². The smallest absolute Gasteiger partial charge is 0.332 e. The first-order chi connectivity index (χ1) is 15.9. The fourth-order valence-corrected chi connectivity index (χ4v) is 3.95. The van der Waals surface area contributed by atoms with Gasteiger partial charge in [-0.05, 0) is 26.8 Å². The first-order valence-electron chi connectivity index (χ1n) is 11.1. The average molecular weight is 488 g/mol. The van der Waals surface area contributed by atoms with Crippen LogP contribution in [-0.4, -0.2) is 44.2 Å². The number of carbonyl (C=O) groups excluding carboxylic acids is 1. The van der Waals surface area contributed by atoms with Crippen LogP contribution in [0.5, 0.6) is 6.01 Å². The predicted molar refractivity (Wildman–Crippen MR) is 133 cm³/mol. The Morgan fingerprint density at radius 3 is 2.59 bits per heavy atom. The summed E-state index contributed by atoms with van der Waals surface area (Å²) in [6.45, 7) is 6.27. The molecule has 1 aliphatic heterocycles. The molecule has 3 heterocycles. The summed E-state index contributed by atoms with van der Waals surface area (Å²) in [6, 6.07) is 8.93. The third-order valence-corrected chi connectivity index (χ3v) is 5.89. The lowest BCUT2D eigenvalue weighted by Crippen LogP contribution is -2.41. The molecule has 3 aromatic rings. The molecule has 0 saturated carbocycles. The van der Waals surface area contributed by atoms with Crippen molar-refractivity contribution < 1.29 is 9.53 Å². The number of aryl methyl sites for hydroxylation is 1. The van der Waals surface area contributed by atoms with Crippen molar-refractivity contribution in [3.05, 3.63) is 68.4 Å². The summed E-state index contributed by atoms with van der Waals surface area (Å²) in [5, 5.41) is 3.31. The van der Waals surface area contributed by atoms with Gasteiger partial charge in [-0.2, -0.15) is 4.98 Å². The minimum Gasteiger partial charge on any atom is -0.464 e. The van der Waals surface area contributed by atoms with Crippen LogP contribution in [0, 0.1) is 5.92 Å². The van der Waals surface area contributed by atoms with Crippen LogP contribution in [0.4, 0.5) is 0 Å². The third-order valence-electron chi connectivity index (χ3n) is 5.89. The second kappa shape index (κ2) is 10.8. The highest BCUT2D eigenvalue weighted by molar-refractivity contribution is 5.95. The highest BCUT2D eigenvalue weighted by Gasteiger charge is 2.23. The maximum Gasteiger partial charge on any atom is 0.332 e. The van der Waals surface area contributed by atoms with Crippen molar-refractivity contribution in [2.45, 2.75) is 33.4 Å². The summed E-state index contributed by atoms with van der Waals surface area (Å²) in [6.07, 6.45) is 2.98. The summed E-state index contributed by atoms with van der Waals surface area (Å²) in [5.41, 5.74) is 0.871. The van der Waals surface area contributed by atoms with Crippen molar-refractivity contribution in [1.82, 2.24) is 24.0 Å². The molecular formula is C24H30ClN5O4. The summed E-state index contributed by atoms with van der Waals surface area (Å²) in [4.78, 5) is 43.7. The Labute approximate surface area is 203 Å². The number of allylic oxidation sites excluding steroid dienone is 2. The van der Waals surface area contributed by atoms with Crippen molar-refractivity contribution in [2.75, 3.05) is 19.7 Å². The lowest BCUT2D eigenvalue weighted by molar-refractivity contribution is 0.0969. The van der Waals surface area contributed by atoms with E-state index in [9.17, 15) is 14.4 Å². The minimum atomic E-state index is -0.588. The molecule has 1 N–H and O–H groups in total. The standard InChI is InChI=1S/C24H29N5O4.ClH/c1-16(2)10-12-28-20-21(26-23(28)33-15-17-9-11-25-13-17)27(3)24(32)29(22(20)31)14-19(30)18-7-5-4-6-8-18;/h4-8,10,17,25H,9,11-15H2,1-3H3;1H/t17-;/m0./s1. The summed E-state index contributed by atoms with van der Waals surface area (Å²) in [5.74, 6) is 0.0559. The number of rotatable bonds is 8. The molecule has 1 fully saturated rings. The molecule has 1 saturated heterocycles. The predicted octanol–water partition coefficient (Wildman–Crippen LogP) is 2.16. The van der Waals surface area contributed by atoms with Crippen molar-refractivity contribution in [3.63, 3.8) is 0 Å². The number of nitrogens with one attached hydrogen (secondary N) is 1. The Hall–Kier alpha value is -3.17. The largest absolute Gasteiger partial charge is 0.464 e. The van der Waals surface area contributed by atoms with Gasteiger partial charge >= 0.3 is 5.69 Å². The number of ketones is 1. The van der Waals surface area contributed by atoms with Gasteiger partial charge in [0.25, 0.3) is 11.6 Å². The van der Waals surface area contributed by atoms with Gasteiger partial charge in [0.2, 0.25) is 0 Å². The van der Waals surface area contributed by atoms with E-state index in [1.165, 1.54) is 4.57 Å². The molecule has 1 atom stereocenters. The quantitative estimate of drug-likeness (QED) is 0.386. The van der Waals surface area contributed by atoms with E-state index in [1.807, 2.05) is 19.9 Å². The van der Waals surface area contributed by atoms with Crippen LogP contribution >= 0.6 is 12.4 Å². The number of Topliss-reactive ketones (excluding diaryl/α,β-unsaturated/α-hetero) is 1. The highest BCUT2D eigenvalue weighted by atomic mass is 35.5. The van der Waals surface area contributed by atoms with E-state index in [0.29, 0.717) is 30.6 Å². The molecular weight excluding hydrogens is 458 g/mol. The zero-order chi connectivity index (χ0) is 23.5. The lowest BCUT2D eigenvalue weighted by atomic mass is 10.1. The van der Waals surface area contributed by atoms with Crippen molar-refractivity contribution >= 4 is 29.4 Å². The normalized spacial score (nSPS) is 15.2. The van der Waals surface area contributed by atoms with E-state index >= 15 is 0 Å². The van der Waals surface area contributed by atoms with Gasteiger partial charge < -0.3 is 10.1 Å². The molecule has 0 radical (unpaired) electrons. The van der Waals surface area contributed by atoms with Crippen LogP contribution in [0.2, 0.25) is 0 Å². The number of aromatic nitrogens is 4. The zero-order valence-corrected chi connectivity index (χ0v) is 20.4. The molecule has 10 heteroatoms. The van der Waals surface area contributed by atoms with E-state index in [4.69, 9.17) is 4.74 Å². The van der Waals surface area contributed by atoms with Gasteiger partial charge in [-0.25, -0.2) is 4.79 Å². The molecule has 1 aromatic carbocycles. The number of ether oxygens (including phenoxy) is 1. The van der Waals surface area contributed by atoms with Crippen LogP contribution < -0.4 is 21.3 Å². The van der Waals surface area contributed by atoms with Crippen molar-refractivity contribution in [3.8, 4) is 6.01 Å². The number of fused-ring (bicyclic) bond motifs is 1. The van der Waals surface area contributed by atoms with E-state index in [-0.39, 0.29) is 35.9 Å². The van der Waals surface area contributed by atoms with Gasteiger partial charge in [0.05, 0.1) is 13.2 Å². The number of hydrogen-bond acceptors (Lipinski definition) is 6.